The standard InChI is InChI=1S/C37H48ClN7O5S/c1-2-34(47)43-30(18-35-44-29-11-10-25(38)17-33(29)51-35)37(49)42-20-27(23-12-15-50-16-13-23)36(48)45-28(9-5-6-14-39)32(46)22-41-31-21-40-19-24-7-3-4-8-26(24)31/h3-4,7-8,10-11,17,23,27-28,31,40-41H,2,5-6,9,12-16,18-22,39H2,1H3,(H,42,49)(H,45,48)/t27?,28-,31+/m0/s1. The molecule has 1 fully saturated rings. The number of carbonyl (C=O) groups excluding carboxylic acids is 4. The van der Waals surface area contributed by atoms with Gasteiger partial charge in [-0.15, -0.1) is 11.3 Å². The molecule has 1 aromatic heterocycles. The number of nitrogens with zero attached hydrogens (tertiary/aromatic N) is 2. The number of aromatic nitrogens is 1. The van der Waals surface area contributed by atoms with Crippen molar-refractivity contribution >= 4 is 62.4 Å². The smallest absolute Gasteiger partial charge is 0.266 e. The number of hydrogen-bond donors (Lipinski definition) is 5. The van der Waals surface area contributed by atoms with E-state index in [-0.39, 0.29) is 55.3 Å². The Morgan fingerprint density at radius 1 is 1.14 bits per heavy atom. The number of amides is 3. The molecule has 1 unspecified atom stereocenters. The van der Waals surface area contributed by atoms with Crippen molar-refractivity contribution in [3.8, 4) is 0 Å². The summed E-state index contributed by atoms with van der Waals surface area (Å²) in [6, 6.07) is 12.8. The number of hydrogen-bond acceptors (Lipinski definition) is 10. The lowest BCUT2D eigenvalue weighted by Gasteiger charge is -2.31. The SMILES string of the molecule is CCC(=O)N=C(Cc1nc2ccc(Cl)cc2s1)C(=O)NCC(C(=O)N[C@@H](CCCCN)C(=O)CN[C@@H]1CNCc2ccccc21)C1CCOCC1. The first kappa shape index (κ1) is 38.6. The van der Waals surface area contributed by atoms with E-state index in [1.54, 1.807) is 25.1 Å². The molecule has 12 nitrogen and oxygen atoms in total. The Kier molecular flexibility index (Phi) is 14.6. The number of ether oxygens (including phenoxy) is 1. The first-order valence-electron chi connectivity index (χ1n) is 17.8. The van der Waals surface area contributed by atoms with Gasteiger partial charge in [0, 0.05) is 56.8 Å². The molecule has 1 saturated heterocycles. The highest BCUT2D eigenvalue weighted by Gasteiger charge is 2.33. The molecule has 6 N–H and O–H groups in total. The van der Waals surface area contributed by atoms with E-state index >= 15 is 0 Å². The Morgan fingerprint density at radius 3 is 2.73 bits per heavy atom. The van der Waals surface area contributed by atoms with Gasteiger partial charge in [-0.1, -0.05) is 42.8 Å². The van der Waals surface area contributed by atoms with Gasteiger partial charge in [-0.3, -0.25) is 19.2 Å². The molecule has 0 radical (unpaired) electrons. The van der Waals surface area contributed by atoms with Crippen molar-refractivity contribution in [2.45, 2.75) is 70.5 Å². The van der Waals surface area contributed by atoms with Gasteiger partial charge < -0.3 is 31.7 Å². The number of halogens is 1. The molecule has 3 heterocycles. The third-order valence-electron chi connectivity index (χ3n) is 9.46. The van der Waals surface area contributed by atoms with Crippen molar-refractivity contribution in [2.75, 3.05) is 39.4 Å². The number of Topliss-reactive ketones (excluding diaryl/α,β-unsaturated/α-hetero) is 1. The van der Waals surface area contributed by atoms with Crippen LogP contribution in [0.25, 0.3) is 10.2 Å². The van der Waals surface area contributed by atoms with Gasteiger partial charge in [-0.2, -0.15) is 0 Å². The molecule has 0 spiro atoms. The highest BCUT2D eigenvalue weighted by Crippen LogP contribution is 2.27. The van der Waals surface area contributed by atoms with Crippen LogP contribution in [-0.2, 0) is 36.9 Å². The number of thiazole rings is 1. The molecule has 2 aliphatic heterocycles. The van der Waals surface area contributed by atoms with Gasteiger partial charge in [0.25, 0.3) is 5.91 Å². The normalized spacial score (nSPS) is 17.8. The van der Waals surface area contributed by atoms with E-state index in [4.69, 9.17) is 22.1 Å². The number of unbranched alkanes of at least 4 members (excludes halogenated alkanes) is 1. The van der Waals surface area contributed by atoms with Crippen molar-refractivity contribution in [3.63, 3.8) is 0 Å². The van der Waals surface area contributed by atoms with Crippen LogP contribution in [0.4, 0.5) is 0 Å². The summed E-state index contributed by atoms with van der Waals surface area (Å²) < 4.78 is 6.44. The van der Waals surface area contributed by atoms with Crippen LogP contribution in [0.1, 0.15) is 67.6 Å². The second-order valence-electron chi connectivity index (χ2n) is 13.0. The van der Waals surface area contributed by atoms with Gasteiger partial charge in [-0.05, 0) is 73.9 Å². The zero-order valence-electron chi connectivity index (χ0n) is 29.0. The van der Waals surface area contributed by atoms with Gasteiger partial charge in [0.15, 0.2) is 5.78 Å². The minimum atomic E-state index is -0.715. The Balaban J connectivity index is 1.28. The van der Waals surface area contributed by atoms with Gasteiger partial charge in [0.1, 0.15) is 5.71 Å². The fourth-order valence-electron chi connectivity index (χ4n) is 6.57. The maximum Gasteiger partial charge on any atom is 0.266 e. The number of aliphatic imine (C=N–C) groups is 1. The van der Waals surface area contributed by atoms with Crippen molar-refractivity contribution in [1.82, 2.24) is 26.3 Å². The fraction of sp³-hybridized carbons (Fsp3) is 0.514. The van der Waals surface area contributed by atoms with E-state index in [2.05, 4.69) is 43.4 Å². The lowest BCUT2D eigenvalue weighted by Crippen LogP contribution is -2.51. The summed E-state index contributed by atoms with van der Waals surface area (Å²) in [4.78, 5) is 62.5. The van der Waals surface area contributed by atoms with Crippen molar-refractivity contribution in [2.24, 2.45) is 22.6 Å². The highest BCUT2D eigenvalue weighted by atomic mass is 35.5. The molecule has 51 heavy (non-hydrogen) atoms. The zero-order chi connectivity index (χ0) is 36.2. The predicted molar refractivity (Wildman–Crippen MR) is 200 cm³/mol. The second kappa shape index (κ2) is 19.3. The Labute approximate surface area is 307 Å². The van der Waals surface area contributed by atoms with E-state index < -0.39 is 23.8 Å². The van der Waals surface area contributed by atoms with E-state index in [0.29, 0.717) is 62.0 Å². The number of carbonyl (C=O) groups is 4. The summed E-state index contributed by atoms with van der Waals surface area (Å²) in [7, 11) is 0. The molecule has 274 valence electrons. The molecule has 0 saturated carbocycles. The number of rotatable bonds is 17. The van der Waals surface area contributed by atoms with Crippen LogP contribution in [-0.4, -0.2) is 79.6 Å². The Hall–Kier alpha value is -3.59. The Bertz CT molecular complexity index is 1710. The topological polar surface area (TPSA) is 177 Å². The molecular weight excluding hydrogens is 690 g/mol. The van der Waals surface area contributed by atoms with E-state index in [9.17, 15) is 19.2 Å². The molecule has 5 rings (SSSR count). The lowest BCUT2D eigenvalue weighted by molar-refractivity contribution is -0.132. The summed E-state index contributed by atoms with van der Waals surface area (Å²) >= 11 is 7.53. The third-order valence-corrected chi connectivity index (χ3v) is 10.7. The van der Waals surface area contributed by atoms with Crippen molar-refractivity contribution < 1.29 is 23.9 Å². The first-order chi connectivity index (χ1) is 24.7. The van der Waals surface area contributed by atoms with Crippen LogP contribution < -0.4 is 27.0 Å². The molecule has 2 aliphatic rings. The number of fused-ring (bicyclic) bond motifs is 2. The molecule has 2 aromatic carbocycles. The molecule has 3 atom stereocenters. The largest absolute Gasteiger partial charge is 0.381 e. The fourth-order valence-corrected chi connectivity index (χ4v) is 7.82. The first-order valence-corrected chi connectivity index (χ1v) is 19.0. The molecule has 0 aliphatic carbocycles. The molecule has 3 aromatic rings. The minimum absolute atomic E-state index is 0.0105. The average molecular weight is 738 g/mol. The maximum atomic E-state index is 14.1. The minimum Gasteiger partial charge on any atom is -0.381 e. The summed E-state index contributed by atoms with van der Waals surface area (Å²) in [5.74, 6) is -2.08. The lowest BCUT2D eigenvalue weighted by atomic mass is 9.84. The van der Waals surface area contributed by atoms with E-state index in [1.807, 2.05) is 12.1 Å². The number of nitrogens with two attached hydrogens (primary N) is 1. The quantitative estimate of drug-likeness (QED) is 0.102. The summed E-state index contributed by atoms with van der Waals surface area (Å²) in [5.41, 5.74) is 8.89. The van der Waals surface area contributed by atoms with Crippen LogP contribution in [0, 0.1) is 11.8 Å². The van der Waals surface area contributed by atoms with Crippen molar-refractivity contribution in [3.05, 3.63) is 63.6 Å². The summed E-state index contributed by atoms with van der Waals surface area (Å²) in [5, 5.41) is 13.9. The van der Waals surface area contributed by atoms with Gasteiger partial charge in [-0.25, -0.2) is 9.98 Å². The number of benzene rings is 2. The van der Waals surface area contributed by atoms with Crippen molar-refractivity contribution in [1.29, 1.82) is 0 Å². The van der Waals surface area contributed by atoms with Gasteiger partial charge >= 0.3 is 0 Å². The monoisotopic (exact) mass is 737 g/mol. The second-order valence-corrected chi connectivity index (χ2v) is 14.6. The van der Waals surface area contributed by atoms with Crippen LogP contribution in [0.5, 0.6) is 0 Å². The third kappa shape index (κ3) is 11.0. The van der Waals surface area contributed by atoms with Crippen LogP contribution in [0.2, 0.25) is 5.02 Å². The summed E-state index contributed by atoms with van der Waals surface area (Å²) in [6.45, 7) is 4.75. The molecular formula is C37H48ClN7O5S. The van der Waals surface area contributed by atoms with E-state index in [0.717, 1.165) is 23.2 Å². The predicted octanol–water partition coefficient (Wildman–Crippen LogP) is 3.65. The average Bonchev–Trinajstić information content (AvgIpc) is 3.54. The van der Waals surface area contributed by atoms with Gasteiger partial charge in [0.05, 0.1) is 33.7 Å². The van der Waals surface area contributed by atoms with Crippen LogP contribution in [0.15, 0.2) is 47.5 Å². The zero-order valence-corrected chi connectivity index (χ0v) is 30.6. The highest BCUT2D eigenvalue weighted by molar-refractivity contribution is 7.18. The van der Waals surface area contributed by atoms with Crippen LogP contribution in [0.3, 0.4) is 0 Å². The summed E-state index contributed by atoms with van der Waals surface area (Å²) in [6.07, 6.45) is 3.33. The van der Waals surface area contributed by atoms with Crippen LogP contribution >= 0.6 is 22.9 Å². The molecule has 3 amide bonds. The number of ketones is 1. The number of nitrogens with one attached hydrogen (secondary N) is 4. The maximum absolute atomic E-state index is 14.1. The van der Waals surface area contributed by atoms with E-state index in [1.165, 1.54) is 22.5 Å². The molecule has 14 heteroatoms. The molecule has 0 bridgehead atoms. The van der Waals surface area contributed by atoms with Gasteiger partial charge in [0.2, 0.25) is 11.8 Å². The Morgan fingerprint density at radius 2 is 1.94 bits per heavy atom.